The number of esters is 1. The summed E-state index contributed by atoms with van der Waals surface area (Å²) >= 11 is 0. The lowest BCUT2D eigenvalue weighted by Gasteiger charge is -2.07. The Morgan fingerprint density at radius 1 is 1.47 bits per heavy atom. The van der Waals surface area contributed by atoms with E-state index in [1.54, 1.807) is 0 Å². The summed E-state index contributed by atoms with van der Waals surface area (Å²) in [6, 6.07) is 3.90. The third kappa shape index (κ3) is 2.23. The second-order valence-corrected chi connectivity index (χ2v) is 2.70. The Morgan fingerprint density at radius 3 is 2.60 bits per heavy atom. The Balaban J connectivity index is 3.20. The number of nitrogens with two attached hydrogens (primary N) is 1. The number of anilines is 1. The average molecular weight is 210 g/mol. The first-order valence-electron chi connectivity index (χ1n) is 4.02. The summed E-state index contributed by atoms with van der Waals surface area (Å²) in [5.41, 5.74) is 2.67. The van der Waals surface area contributed by atoms with Crippen molar-refractivity contribution in [2.45, 2.75) is 0 Å². The predicted octanol–water partition coefficient (Wildman–Crippen LogP) is 0.457. The highest BCUT2D eigenvalue weighted by Gasteiger charge is 2.13. The van der Waals surface area contributed by atoms with Gasteiger partial charge in [-0.25, -0.2) is 9.59 Å². The molecule has 0 heterocycles. The van der Waals surface area contributed by atoms with Gasteiger partial charge in [0.1, 0.15) is 0 Å². The molecule has 0 bridgehead atoms. The lowest BCUT2D eigenvalue weighted by atomic mass is 10.1. The van der Waals surface area contributed by atoms with E-state index in [1.807, 2.05) is 0 Å². The molecular weight excluding hydrogens is 200 g/mol. The first kappa shape index (κ1) is 11.0. The van der Waals surface area contributed by atoms with Crippen LogP contribution in [-0.2, 0) is 4.74 Å². The van der Waals surface area contributed by atoms with E-state index in [0.717, 1.165) is 0 Å². The number of carbonyl (C=O) groups excluding carboxylic acids is 1. The highest BCUT2D eigenvalue weighted by Crippen LogP contribution is 2.17. The maximum absolute atomic E-state index is 11.2. The van der Waals surface area contributed by atoms with Crippen LogP contribution in [0.3, 0.4) is 0 Å². The summed E-state index contributed by atoms with van der Waals surface area (Å²) in [6.45, 7) is 0. The zero-order valence-electron chi connectivity index (χ0n) is 7.98. The van der Waals surface area contributed by atoms with Gasteiger partial charge >= 0.3 is 11.9 Å². The second kappa shape index (κ2) is 4.43. The molecule has 0 saturated carbocycles. The number of nitrogen functional groups attached to an aromatic ring is 1. The number of methoxy groups -OCH3 is 1. The van der Waals surface area contributed by atoms with Crippen molar-refractivity contribution in [2.75, 3.05) is 12.5 Å². The van der Waals surface area contributed by atoms with Crippen molar-refractivity contribution in [3.05, 3.63) is 29.3 Å². The Bertz CT molecular complexity index is 403. The van der Waals surface area contributed by atoms with Crippen molar-refractivity contribution in [1.29, 1.82) is 0 Å². The Hall–Kier alpha value is -2.08. The minimum Gasteiger partial charge on any atom is -0.478 e. The number of hydrogen-bond donors (Lipinski definition) is 3. The fraction of sp³-hybridized carbons (Fsp3) is 0.111. The number of nitrogens with one attached hydrogen (secondary N) is 1. The molecule has 1 rings (SSSR count). The summed E-state index contributed by atoms with van der Waals surface area (Å²) in [5.74, 6) is 3.48. The molecule has 0 amide bonds. The summed E-state index contributed by atoms with van der Waals surface area (Å²) in [4.78, 5) is 21.8. The molecule has 0 aromatic heterocycles. The maximum atomic E-state index is 11.2. The molecule has 4 N–H and O–H groups in total. The lowest BCUT2D eigenvalue weighted by Crippen LogP contribution is -2.14. The summed E-state index contributed by atoms with van der Waals surface area (Å²) < 4.78 is 4.50. The van der Waals surface area contributed by atoms with Gasteiger partial charge in [-0.3, -0.25) is 5.84 Å². The van der Waals surface area contributed by atoms with Crippen molar-refractivity contribution in [1.82, 2.24) is 0 Å². The molecule has 0 unspecified atom stereocenters. The molecule has 1 aromatic carbocycles. The van der Waals surface area contributed by atoms with Crippen LogP contribution in [0.25, 0.3) is 0 Å². The van der Waals surface area contributed by atoms with E-state index >= 15 is 0 Å². The quantitative estimate of drug-likeness (QED) is 0.380. The normalized spacial score (nSPS) is 9.47. The summed E-state index contributed by atoms with van der Waals surface area (Å²) in [7, 11) is 1.23. The van der Waals surface area contributed by atoms with Crippen LogP contribution in [-0.4, -0.2) is 24.2 Å². The van der Waals surface area contributed by atoms with Crippen molar-refractivity contribution in [2.24, 2.45) is 5.84 Å². The van der Waals surface area contributed by atoms with Crippen LogP contribution in [0.15, 0.2) is 18.2 Å². The van der Waals surface area contributed by atoms with Crippen LogP contribution >= 0.6 is 0 Å². The number of carbonyl (C=O) groups is 2. The Kier molecular flexibility index (Phi) is 3.25. The smallest absolute Gasteiger partial charge is 0.340 e. The number of benzene rings is 1. The van der Waals surface area contributed by atoms with E-state index < -0.39 is 11.9 Å². The van der Waals surface area contributed by atoms with Gasteiger partial charge in [-0.15, -0.1) is 0 Å². The second-order valence-electron chi connectivity index (χ2n) is 2.70. The van der Waals surface area contributed by atoms with E-state index in [1.165, 1.54) is 25.3 Å². The van der Waals surface area contributed by atoms with Gasteiger partial charge < -0.3 is 15.3 Å². The van der Waals surface area contributed by atoms with Gasteiger partial charge in [-0.1, -0.05) is 0 Å². The highest BCUT2D eigenvalue weighted by molar-refractivity contribution is 5.98. The molecule has 0 spiro atoms. The number of aromatic carboxylic acids is 1. The lowest BCUT2D eigenvalue weighted by molar-refractivity contribution is 0.0599. The Labute approximate surface area is 85.6 Å². The molecular formula is C9H10N2O4. The molecule has 0 aliphatic rings. The van der Waals surface area contributed by atoms with Gasteiger partial charge in [-0.05, 0) is 18.2 Å². The van der Waals surface area contributed by atoms with Crippen LogP contribution in [0.5, 0.6) is 0 Å². The average Bonchev–Trinajstić information content (AvgIpc) is 2.27. The van der Waals surface area contributed by atoms with Crippen molar-refractivity contribution in [3.8, 4) is 0 Å². The molecule has 0 fully saturated rings. The summed E-state index contributed by atoms with van der Waals surface area (Å²) in [5, 5.41) is 8.71. The van der Waals surface area contributed by atoms with E-state index in [4.69, 9.17) is 10.9 Å². The van der Waals surface area contributed by atoms with Crippen molar-refractivity contribution < 1.29 is 19.4 Å². The number of ether oxygens (including phenoxy) is 1. The number of hydrazine groups is 1. The van der Waals surface area contributed by atoms with Gasteiger partial charge in [0.05, 0.1) is 23.9 Å². The third-order valence-corrected chi connectivity index (χ3v) is 1.83. The number of carboxylic acid groups (broad SMARTS) is 1. The Morgan fingerprint density at radius 2 is 2.13 bits per heavy atom. The highest BCUT2D eigenvalue weighted by atomic mass is 16.5. The van der Waals surface area contributed by atoms with Crippen LogP contribution in [0.2, 0.25) is 0 Å². The molecule has 15 heavy (non-hydrogen) atoms. The minimum atomic E-state index is -1.09. The molecule has 0 radical (unpaired) electrons. The maximum Gasteiger partial charge on any atom is 0.340 e. The molecule has 6 heteroatoms. The van der Waals surface area contributed by atoms with Gasteiger partial charge in [0.2, 0.25) is 0 Å². The third-order valence-electron chi connectivity index (χ3n) is 1.83. The molecule has 80 valence electrons. The van der Waals surface area contributed by atoms with E-state index in [-0.39, 0.29) is 16.8 Å². The monoisotopic (exact) mass is 210 g/mol. The van der Waals surface area contributed by atoms with Gasteiger partial charge in [-0.2, -0.15) is 0 Å². The van der Waals surface area contributed by atoms with Crippen LogP contribution < -0.4 is 11.3 Å². The number of hydrogen-bond acceptors (Lipinski definition) is 5. The first-order valence-corrected chi connectivity index (χ1v) is 4.02. The van der Waals surface area contributed by atoms with E-state index in [0.29, 0.717) is 0 Å². The van der Waals surface area contributed by atoms with Crippen LogP contribution in [0.1, 0.15) is 20.7 Å². The molecule has 0 atom stereocenters. The standard InChI is InChI=1S/C9H10N2O4/c1-15-9(14)6-3-2-5(8(12)13)4-7(6)11-10/h2-4,11H,10H2,1H3,(H,12,13). The first-order chi connectivity index (χ1) is 7.10. The molecule has 0 aliphatic heterocycles. The van der Waals surface area contributed by atoms with E-state index in [2.05, 4.69) is 10.2 Å². The zero-order chi connectivity index (χ0) is 11.4. The van der Waals surface area contributed by atoms with Crippen LogP contribution in [0.4, 0.5) is 5.69 Å². The van der Waals surface area contributed by atoms with Gasteiger partial charge in [0.15, 0.2) is 0 Å². The van der Waals surface area contributed by atoms with E-state index in [9.17, 15) is 9.59 Å². The van der Waals surface area contributed by atoms with Crippen molar-refractivity contribution in [3.63, 3.8) is 0 Å². The van der Waals surface area contributed by atoms with Crippen molar-refractivity contribution >= 4 is 17.6 Å². The molecule has 0 saturated heterocycles. The zero-order valence-corrected chi connectivity index (χ0v) is 7.98. The topological polar surface area (TPSA) is 102 Å². The van der Waals surface area contributed by atoms with Gasteiger partial charge in [0, 0.05) is 0 Å². The SMILES string of the molecule is COC(=O)c1ccc(C(=O)O)cc1NN. The van der Waals surface area contributed by atoms with Crippen LogP contribution in [0, 0.1) is 0 Å². The molecule has 6 nitrogen and oxygen atoms in total. The molecule has 0 aliphatic carbocycles. The molecule has 1 aromatic rings. The summed E-state index contributed by atoms with van der Waals surface area (Å²) in [6.07, 6.45) is 0. The van der Waals surface area contributed by atoms with Gasteiger partial charge in [0.25, 0.3) is 0 Å². The predicted molar refractivity (Wildman–Crippen MR) is 52.6 cm³/mol. The largest absolute Gasteiger partial charge is 0.478 e. The fourth-order valence-corrected chi connectivity index (χ4v) is 1.08. The number of rotatable bonds is 3. The number of carboxylic acids is 1. The fourth-order valence-electron chi connectivity index (χ4n) is 1.08. The minimum absolute atomic E-state index is 0.0376.